The summed E-state index contributed by atoms with van der Waals surface area (Å²) in [6, 6.07) is 45.7. The van der Waals surface area contributed by atoms with Gasteiger partial charge in [0.1, 0.15) is 0 Å². The van der Waals surface area contributed by atoms with Crippen LogP contribution in [0.1, 0.15) is 86.8 Å². The summed E-state index contributed by atoms with van der Waals surface area (Å²) >= 11 is 19.1. The highest BCUT2D eigenvalue weighted by Gasteiger charge is 2.15. The highest BCUT2D eigenvalue weighted by molar-refractivity contribution is 7.30. The van der Waals surface area contributed by atoms with Crippen molar-refractivity contribution in [2.45, 2.75) is 89.9 Å². The first-order valence-corrected chi connectivity index (χ1v) is 34.0. The van der Waals surface area contributed by atoms with Crippen LogP contribution in [0.25, 0.3) is 78.0 Å². The van der Waals surface area contributed by atoms with E-state index in [4.69, 9.17) is 0 Å². The quantitative estimate of drug-likeness (QED) is 0.0431. The molecular formula is C60H64N2S10. The zero-order valence-electron chi connectivity index (χ0n) is 41.4. The van der Waals surface area contributed by atoms with Gasteiger partial charge in [0.05, 0.1) is 0 Å². The van der Waals surface area contributed by atoms with Gasteiger partial charge in [-0.15, -0.1) is 113 Å². The fraction of sp³-hybridized carbons (Fsp3) is 0.333. The molecule has 10 aromatic heterocycles. The molecule has 12 heteroatoms. The topological polar surface area (TPSA) is 6.48 Å². The summed E-state index contributed by atoms with van der Waals surface area (Å²) in [5.74, 6) is 0. The van der Waals surface area contributed by atoms with Crippen molar-refractivity contribution in [3.63, 3.8) is 0 Å². The zero-order valence-corrected chi connectivity index (χ0v) is 49.6. The number of aryl methyl sites for hydroxylation is 2. The Morgan fingerprint density at radius 3 is 0.750 bits per heavy atom. The third kappa shape index (κ3) is 14.4. The maximum atomic E-state index is 2.57. The van der Waals surface area contributed by atoms with Crippen LogP contribution in [0, 0.1) is 0 Å². The Bertz CT molecular complexity index is 2910. The molecule has 2 nitrogen and oxygen atoms in total. The normalized spacial score (nSPS) is 11.9. The van der Waals surface area contributed by atoms with Crippen molar-refractivity contribution in [1.29, 1.82) is 0 Å². The predicted octanol–water partition coefficient (Wildman–Crippen LogP) is 22.0. The van der Waals surface area contributed by atoms with Crippen LogP contribution in [0.15, 0.2) is 132 Å². The minimum absolute atomic E-state index is 1.21. The van der Waals surface area contributed by atoms with E-state index in [1.54, 1.807) is 0 Å². The second-order valence-electron chi connectivity index (χ2n) is 18.8. The van der Waals surface area contributed by atoms with Gasteiger partial charge in [-0.25, -0.2) is 0 Å². The molecule has 0 atom stereocenters. The van der Waals surface area contributed by atoms with Crippen molar-refractivity contribution in [2.75, 3.05) is 40.3 Å². The SMILES string of the molecule is CN(CCCCCCc1ccc(-c2ccc(-c3ccc(-c4ccc(-c5cccs5)s4)s3)s2)s1)CCCCCCN(C)CCCCCCc1ccc(-c2ccc(-c3ccc(-c4ccc(-c5cccs5)s4)s3)s2)s1. The van der Waals surface area contributed by atoms with Crippen molar-refractivity contribution in [1.82, 2.24) is 9.80 Å². The van der Waals surface area contributed by atoms with Gasteiger partial charge in [-0.3, -0.25) is 0 Å². The van der Waals surface area contributed by atoms with Crippen LogP contribution in [-0.4, -0.2) is 50.1 Å². The molecule has 10 heterocycles. The highest BCUT2D eigenvalue weighted by Crippen LogP contribution is 2.46. The van der Waals surface area contributed by atoms with Gasteiger partial charge >= 0.3 is 0 Å². The molecule has 0 saturated heterocycles. The van der Waals surface area contributed by atoms with Gasteiger partial charge in [0.25, 0.3) is 0 Å². The molecule has 0 fully saturated rings. The van der Waals surface area contributed by atoms with Crippen LogP contribution in [-0.2, 0) is 12.8 Å². The first-order chi connectivity index (χ1) is 35.5. The minimum Gasteiger partial charge on any atom is -0.306 e. The number of nitrogens with zero attached hydrogens (tertiary/aromatic N) is 2. The monoisotopic (exact) mass is 1130 g/mol. The van der Waals surface area contributed by atoms with Crippen LogP contribution >= 0.6 is 113 Å². The second-order valence-corrected chi connectivity index (χ2v) is 29.6. The van der Waals surface area contributed by atoms with Crippen LogP contribution in [0.5, 0.6) is 0 Å². The number of hydrogen-bond acceptors (Lipinski definition) is 12. The Morgan fingerprint density at radius 2 is 0.486 bits per heavy atom. The molecule has 0 amide bonds. The first-order valence-electron chi connectivity index (χ1n) is 25.7. The van der Waals surface area contributed by atoms with Crippen molar-refractivity contribution in [3.8, 4) is 78.0 Å². The highest BCUT2D eigenvalue weighted by atomic mass is 32.1. The Hall–Kier alpha value is -3.08. The second kappa shape index (κ2) is 26.6. The van der Waals surface area contributed by atoms with Gasteiger partial charge in [-0.05, 0) is 212 Å². The Balaban J connectivity index is 0.525. The third-order valence-electron chi connectivity index (χ3n) is 13.2. The molecule has 0 unspecified atom stereocenters. The van der Waals surface area contributed by atoms with Crippen molar-refractivity contribution in [3.05, 3.63) is 142 Å². The lowest BCUT2D eigenvalue weighted by Crippen LogP contribution is -2.22. The van der Waals surface area contributed by atoms with Gasteiger partial charge < -0.3 is 9.80 Å². The van der Waals surface area contributed by atoms with Crippen LogP contribution in [0.3, 0.4) is 0 Å². The van der Waals surface area contributed by atoms with Crippen molar-refractivity contribution in [2.24, 2.45) is 0 Å². The van der Waals surface area contributed by atoms with E-state index in [0.29, 0.717) is 0 Å². The summed E-state index contributed by atoms with van der Waals surface area (Å²) in [7, 11) is 4.65. The molecule has 0 saturated carbocycles. The number of unbranched alkanes of at least 4 members (excludes halogenated alkanes) is 9. The van der Waals surface area contributed by atoms with Crippen LogP contribution < -0.4 is 0 Å². The fourth-order valence-corrected chi connectivity index (χ4v) is 19.5. The first kappa shape index (κ1) is 52.4. The minimum atomic E-state index is 1.21. The van der Waals surface area contributed by atoms with E-state index in [2.05, 4.69) is 156 Å². The molecule has 0 spiro atoms. The lowest BCUT2D eigenvalue weighted by atomic mass is 10.1. The van der Waals surface area contributed by atoms with E-state index < -0.39 is 0 Å². The number of hydrogen-bond donors (Lipinski definition) is 0. The zero-order chi connectivity index (χ0) is 48.9. The van der Waals surface area contributed by atoms with Crippen molar-refractivity contribution >= 4 is 113 Å². The van der Waals surface area contributed by atoms with E-state index >= 15 is 0 Å². The number of thiophene rings is 10. The van der Waals surface area contributed by atoms with Gasteiger partial charge in [0.2, 0.25) is 0 Å². The van der Waals surface area contributed by atoms with Crippen LogP contribution in [0.4, 0.5) is 0 Å². The standard InChI is InChI=1S/C60H64N2S10/c1-61(37-11-5-3-9-17-43-21-23-49(65-43)51-29-31-57(69-51)59-35-33-55(71-59)53-27-25-47(67-53)45-19-15-41-63-45)39-13-7-8-14-40-62(2)38-12-6-4-10-18-44-22-24-50(66-44)52-30-32-58(70-52)60-36-34-56(72-60)54-28-26-48(68-54)46-20-16-42-64-46/h15-16,19-36,41-42H,3-14,17-18,37-40H2,1-2H3. The maximum Gasteiger partial charge on any atom is 0.0449 e. The van der Waals surface area contributed by atoms with Crippen LogP contribution in [0.2, 0.25) is 0 Å². The molecule has 374 valence electrons. The Morgan fingerprint density at radius 1 is 0.250 bits per heavy atom. The largest absolute Gasteiger partial charge is 0.306 e. The molecular weight excluding hydrogens is 1070 g/mol. The lowest BCUT2D eigenvalue weighted by molar-refractivity contribution is 0.301. The Kier molecular flexibility index (Phi) is 19.4. The summed E-state index contributed by atoms with van der Waals surface area (Å²) in [6.45, 7) is 4.95. The van der Waals surface area contributed by atoms with E-state index in [1.807, 2.05) is 113 Å². The lowest BCUT2D eigenvalue weighted by Gasteiger charge is -2.17. The van der Waals surface area contributed by atoms with Crippen molar-refractivity contribution < 1.29 is 0 Å². The van der Waals surface area contributed by atoms with E-state index in [-0.39, 0.29) is 0 Å². The van der Waals surface area contributed by atoms with Gasteiger partial charge in [0.15, 0.2) is 0 Å². The smallest absolute Gasteiger partial charge is 0.0449 e. The molecule has 0 aliphatic rings. The molecule has 10 rings (SSSR count). The average Bonchev–Trinajstić information content (AvgIpc) is 4.24. The maximum absolute atomic E-state index is 2.57. The molecule has 0 N–H and O–H groups in total. The van der Waals surface area contributed by atoms with E-state index in [0.717, 1.165) is 0 Å². The van der Waals surface area contributed by atoms with Gasteiger partial charge in [-0.2, -0.15) is 0 Å². The third-order valence-corrected chi connectivity index (χ3v) is 25.3. The summed E-state index contributed by atoms with van der Waals surface area (Å²) in [6.07, 6.45) is 18.4. The Labute approximate surface area is 468 Å². The summed E-state index contributed by atoms with van der Waals surface area (Å²) in [5, 5.41) is 4.32. The summed E-state index contributed by atoms with van der Waals surface area (Å²) in [4.78, 5) is 30.2. The molecule has 0 aliphatic heterocycles. The summed E-state index contributed by atoms with van der Waals surface area (Å²) < 4.78 is 0. The molecule has 72 heavy (non-hydrogen) atoms. The molecule has 0 aromatic carbocycles. The van der Waals surface area contributed by atoms with Gasteiger partial charge in [0, 0.05) is 87.8 Å². The molecule has 10 aromatic rings. The van der Waals surface area contributed by atoms with E-state index in [9.17, 15) is 0 Å². The average molecular weight is 1130 g/mol. The molecule has 0 radical (unpaired) electrons. The fourth-order valence-electron chi connectivity index (χ4n) is 9.15. The molecule has 0 aliphatic carbocycles. The van der Waals surface area contributed by atoms with Gasteiger partial charge in [-0.1, -0.05) is 50.7 Å². The summed E-state index contributed by atoms with van der Waals surface area (Å²) in [5.41, 5.74) is 0. The number of rotatable bonds is 29. The van der Waals surface area contributed by atoms with E-state index in [1.165, 1.54) is 204 Å². The molecule has 0 bridgehead atoms. The predicted molar refractivity (Wildman–Crippen MR) is 333 cm³/mol.